The standard InChI is InChI=1S/C11H22N2O4/c1-3-4-5-12(2)10(16)11(17)13(6-8-14)7-9-15/h14-15H,3-9H2,1-2H3. The second-order valence-electron chi connectivity index (χ2n) is 3.82. The highest BCUT2D eigenvalue weighted by molar-refractivity contribution is 6.34. The Morgan fingerprint density at radius 2 is 1.53 bits per heavy atom. The maximum absolute atomic E-state index is 11.7. The Balaban J connectivity index is 4.37. The molecule has 0 saturated carbocycles. The van der Waals surface area contributed by atoms with E-state index in [9.17, 15) is 9.59 Å². The first-order valence-electron chi connectivity index (χ1n) is 5.84. The second kappa shape index (κ2) is 8.95. The maximum atomic E-state index is 11.7. The molecule has 2 amide bonds. The van der Waals surface area contributed by atoms with Crippen molar-refractivity contribution in [3.05, 3.63) is 0 Å². The number of unbranched alkanes of at least 4 members (excludes halogenated alkanes) is 1. The lowest BCUT2D eigenvalue weighted by Gasteiger charge is -2.23. The highest BCUT2D eigenvalue weighted by atomic mass is 16.3. The fourth-order valence-electron chi connectivity index (χ4n) is 1.35. The number of aliphatic hydroxyl groups is 2. The summed E-state index contributed by atoms with van der Waals surface area (Å²) in [7, 11) is 1.58. The topological polar surface area (TPSA) is 81.1 Å². The molecule has 0 rings (SSSR count). The molecule has 0 radical (unpaired) electrons. The Hall–Kier alpha value is -1.14. The van der Waals surface area contributed by atoms with Gasteiger partial charge in [0.25, 0.3) is 0 Å². The quantitative estimate of drug-likeness (QED) is 0.568. The Bertz CT molecular complexity index is 240. The molecular weight excluding hydrogens is 224 g/mol. The van der Waals surface area contributed by atoms with E-state index in [1.54, 1.807) is 7.05 Å². The molecule has 0 aliphatic rings. The summed E-state index contributed by atoms with van der Waals surface area (Å²) in [5.74, 6) is -1.27. The zero-order valence-corrected chi connectivity index (χ0v) is 10.6. The fourth-order valence-corrected chi connectivity index (χ4v) is 1.35. The van der Waals surface area contributed by atoms with Crippen LogP contribution >= 0.6 is 0 Å². The van der Waals surface area contributed by atoms with Gasteiger partial charge in [-0.2, -0.15) is 0 Å². The molecule has 0 saturated heterocycles. The van der Waals surface area contributed by atoms with Gasteiger partial charge in [-0.25, -0.2) is 0 Å². The van der Waals surface area contributed by atoms with Crippen molar-refractivity contribution in [3.8, 4) is 0 Å². The third-order valence-electron chi connectivity index (χ3n) is 2.40. The van der Waals surface area contributed by atoms with Gasteiger partial charge in [-0.05, 0) is 6.42 Å². The van der Waals surface area contributed by atoms with Crippen LogP contribution in [-0.4, -0.2) is 71.7 Å². The van der Waals surface area contributed by atoms with Gasteiger partial charge in [-0.3, -0.25) is 9.59 Å². The van der Waals surface area contributed by atoms with Crippen molar-refractivity contribution in [1.82, 2.24) is 9.80 Å². The number of aliphatic hydroxyl groups excluding tert-OH is 2. The van der Waals surface area contributed by atoms with Gasteiger partial charge >= 0.3 is 11.8 Å². The monoisotopic (exact) mass is 246 g/mol. The van der Waals surface area contributed by atoms with Crippen molar-refractivity contribution < 1.29 is 19.8 Å². The minimum Gasteiger partial charge on any atom is -0.395 e. The first-order valence-corrected chi connectivity index (χ1v) is 5.84. The molecule has 0 aliphatic heterocycles. The summed E-state index contributed by atoms with van der Waals surface area (Å²) in [6.45, 7) is 2.21. The van der Waals surface area contributed by atoms with Gasteiger partial charge in [0.05, 0.1) is 13.2 Å². The molecule has 6 nitrogen and oxygen atoms in total. The van der Waals surface area contributed by atoms with Crippen molar-refractivity contribution in [1.29, 1.82) is 0 Å². The van der Waals surface area contributed by atoms with E-state index in [4.69, 9.17) is 10.2 Å². The number of amides is 2. The Labute approximate surface area is 102 Å². The molecule has 17 heavy (non-hydrogen) atoms. The molecule has 2 N–H and O–H groups in total. The van der Waals surface area contributed by atoms with Crippen molar-refractivity contribution in [2.45, 2.75) is 19.8 Å². The van der Waals surface area contributed by atoms with Crippen LogP contribution in [-0.2, 0) is 9.59 Å². The number of rotatable bonds is 7. The Morgan fingerprint density at radius 3 is 1.94 bits per heavy atom. The SMILES string of the molecule is CCCCN(C)C(=O)C(=O)N(CCO)CCO. The van der Waals surface area contributed by atoms with Gasteiger partial charge in [0.15, 0.2) is 0 Å². The summed E-state index contributed by atoms with van der Waals surface area (Å²) < 4.78 is 0. The van der Waals surface area contributed by atoms with Crippen LogP contribution in [0.15, 0.2) is 0 Å². The number of likely N-dealkylation sites (N-methyl/N-ethyl adjacent to an activating group) is 1. The molecule has 0 atom stereocenters. The molecule has 0 unspecified atom stereocenters. The van der Waals surface area contributed by atoms with Crippen LogP contribution in [0.2, 0.25) is 0 Å². The van der Waals surface area contributed by atoms with Gasteiger partial charge in [0.2, 0.25) is 0 Å². The van der Waals surface area contributed by atoms with E-state index >= 15 is 0 Å². The van der Waals surface area contributed by atoms with E-state index in [-0.39, 0.29) is 26.3 Å². The molecule has 0 spiro atoms. The number of carbonyl (C=O) groups excluding carboxylic acids is 2. The molecule has 6 heteroatoms. The van der Waals surface area contributed by atoms with Gasteiger partial charge in [0.1, 0.15) is 0 Å². The largest absolute Gasteiger partial charge is 0.395 e. The van der Waals surface area contributed by atoms with Crippen LogP contribution in [0.25, 0.3) is 0 Å². The molecule has 0 bridgehead atoms. The zero-order chi connectivity index (χ0) is 13.3. The summed E-state index contributed by atoms with van der Waals surface area (Å²) >= 11 is 0. The minimum absolute atomic E-state index is 0.0623. The van der Waals surface area contributed by atoms with E-state index < -0.39 is 11.8 Å². The fraction of sp³-hybridized carbons (Fsp3) is 0.818. The van der Waals surface area contributed by atoms with E-state index in [0.29, 0.717) is 6.54 Å². The first-order chi connectivity index (χ1) is 8.08. The Morgan fingerprint density at radius 1 is 1.00 bits per heavy atom. The third kappa shape index (κ3) is 5.65. The third-order valence-corrected chi connectivity index (χ3v) is 2.40. The molecule has 0 aromatic heterocycles. The number of carbonyl (C=O) groups is 2. The molecule has 0 fully saturated rings. The minimum atomic E-state index is -0.674. The molecule has 0 aromatic carbocycles. The smallest absolute Gasteiger partial charge is 0.312 e. The molecule has 0 heterocycles. The summed E-state index contributed by atoms with van der Waals surface area (Å²) in [5.41, 5.74) is 0. The summed E-state index contributed by atoms with van der Waals surface area (Å²) in [4.78, 5) is 26.0. The van der Waals surface area contributed by atoms with E-state index in [0.717, 1.165) is 17.7 Å². The van der Waals surface area contributed by atoms with E-state index in [1.807, 2.05) is 6.92 Å². The molecular formula is C11H22N2O4. The van der Waals surface area contributed by atoms with Crippen LogP contribution in [0.1, 0.15) is 19.8 Å². The highest BCUT2D eigenvalue weighted by Gasteiger charge is 2.23. The summed E-state index contributed by atoms with van der Waals surface area (Å²) in [6, 6.07) is 0. The van der Waals surface area contributed by atoms with Crippen molar-refractivity contribution in [2.75, 3.05) is 39.9 Å². The second-order valence-corrected chi connectivity index (χ2v) is 3.82. The predicted octanol–water partition coefficient (Wildman–Crippen LogP) is -0.942. The van der Waals surface area contributed by atoms with E-state index in [2.05, 4.69) is 0 Å². The average molecular weight is 246 g/mol. The van der Waals surface area contributed by atoms with Gasteiger partial charge < -0.3 is 20.0 Å². The first kappa shape index (κ1) is 15.9. The van der Waals surface area contributed by atoms with Crippen molar-refractivity contribution in [3.63, 3.8) is 0 Å². The van der Waals surface area contributed by atoms with Gasteiger partial charge in [-0.15, -0.1) is 0 Å². The molecule has 0 aromatic rings. The summed E-state index contributed by atoms with van der Waals surface area (Å²) in [5, 5.41) is 17.5. The van der Waals surface area contributed by atoms with Crippen LogP contribution < -0.4 is 0 Å². The number of hydrogen-bond donors (Lipinski definition) is 2. The van der Waals surface area contributed by atoms with Crippen LogP contribution in [0.5, 0.6) is 0 Å². The lowest BCUT2D eigenvalue weighted by molar-refractivity contribution is -0.151. The Kier molecular flexibility index (Phi) is 8.35. The van der Waals surface area contributed by atoms with Gasteiger partial charge in [0, 0.05) is 26.7 Å². The maximum Gasteiger partial charge on any atom is 0.312 e. The molecule has 100 valence electrons. The summed E-state index contributed by atoms with van der Waals surface area (Å²) in [6.07, 6.45) is 1.79. The normalized spacial score (nSPS) is 10.1. The van der Waals surface area contributed by atoms with E-state index in [1.165, 1.54) is 4.90 Å². The van der Waals surface area contributed by atoms with Crippen LogP contribution in [0, 0.1) is 0 Å². The predicted molar refractivity (Wildman–Crippen MR) is 63.3 cm³/mol. The number of hydrogen-bond acceptors (Lipinski definition) is 4. The van der Waals surface area contributed by atoms with Gasteiger partial charge in [-0.1, -0.05) is 13.3 Å². The molecule has 0 aliphatic carbocycles. The highest BCUT2D eigenvalue weighted by Crippen LogP contribution is 1.97. The van der Waals surface area contributed by atoms with Crippen molar-refractivity contribution >= 4 is 11.8 Å². The zero-order valence-electron chi connectivity index (χ0n) is 10.6. The lowest BCUT2D eigenvalue weighted by atomic mass is 10.3. The lowest BCUT2D eigenvalue weighted by Crippen LogP contribution is -2.46. The van der Waals surface area contributed by atoms with Crippen molar-refractivity contribution in [2.24, 2.45) is 0 Å². The van der Waals surface area contributed by atoms with Crippen LogP contribution in [0.4, 0.5) is 0 Å². The van der Waals surface area contributed by atoms with Crippen LogP contribution in [0.3, 0.4) is 0 Å². The average Bonchev–Trinajstić information content (AvgIpc) is 2.33. The number of nitrogens with zero attached hydrogens (tertiary/aromatic N) is 2.